The fraction of sp³-hybridized carbons (Fsp3) is 0. The highest BCUT2D eigenvalue weighted by molar-refractivity contribution is 7.21. The van der Waals surface area contributed by atoms with Gasteiger partial charge in [0.25, 0.3) is 0 Å². The van der Waals surface area contributed by atoms with E-state index in [2.05, 4.69) is 4.99 Å². The SMILES string of the molecule is O=C(O)c1ccc(N=Cc2sc3ccccc3c2[O-])cc1. The highest BCUT2D eigenvalue weighted by Gasteiger charge is 2.03. The van der Waals surface area contributed by atoms with E-state index in [1.165, 1.54) is 29.7 Å². The molecule has 2 aromatic carbocycles. The molecular weight excluding hydrogens is 286 g/mol. The fourth-order valence-electron chi connectivity index (χ4n) is 1.95. The molecule has 21 heavy (non-hydrogen) atoms. The number of carboxylic acid groups (broad SMARTS) is 1. The van der Waals surface area contributed by atoms with Crippen molar-refractivity contribution in [2.45, 2.75) is 0 Å². The molecule has 0 spiro atoms. The minimum Gasteiger partial charge on any atom is -0.871 e. The number of hydrogen-bond donors (Lipinski definition) is 1. The molecule has 5 heteroatoms. The number of rotatable bonds is 3. The van der Waals surface area contributed by atoms with Crippen molar-refractivity contribution >= 4 is 39.3 Å². The number of hydrogen-bond acceptors (Lipinski definition) is 4. The maximum atomic E-state index is 12.1. The second kappa shape index (κ2) is 5.38. The summed E-state index contributed by atoms with van der Waals surface area (Å²) in [5.41, 5.74) is 0.817. The Morgan fingerprint density at radius 3 is 2.52 bits per heavy atom. The second-order valence-corrected chi connectivity index (χ2v) is 5.49. The topological polar surface area (TPSA) is 72.7 Å². The number of aliphatic imine (C=N–C) groups is 1. The van der Waals surface area contributed by atoms with Gasteiger partial charge < -0.3 is 10.2 Å². The maximum absolute atomic E-state index is 12.1. The van der Waals surface area contributed by atoms with Crippen molar-refractivity contribution in [3.8, 4) is 5.75 Å². The normalized spacial score (nSPS) is 11.2. The predicted molar refractivity (Wildman–Crippen MR) is 81.9 cm³/mol. The van der Waals surface area contributed by atoms with Crippen LogP contribution in [0.15, 0.2) is 53.5 Å². The average Bonchev–Trinajstić information content (AvgIpc) is 2.82. The van der Waals surface area contributed by atoms with Crippen molar-refractivity contribution in [3.63, 3.8) is 0 Å². The van der Waals surface area contributed by atoms with Crippen molar-refractivity contribution in [2.24, 2.45) is 4.99 Å². The molecule has 4 nitrogen and oxygen atoms in total. The van der Waals surface area contributed by atoms with Gasteiger partial charge in [0.1, 0.15) is 0 Å². The average molecular weight is 296 g/mol. The maximum Gasteiger partial charge on any atom is 0.335 e. The molecule has 1 N–H and O–H groups in total. The van der Waals surface area contributed by atoms with Gasteiger partial charge in [-0.1, -0.05) is 23.9 Å². The molecule has 0 saturated heterocycles. The Balaban J connectivity index is 1.90. The summed E-state index contributed by atoms with van der Waals surface area (Å²) in [6.07, 6.45) is 1.53. The summed E-state index contributed by atoms with van der Waals surface area (Å²) in [6.45, 7) is 0. The number of nitrogens with zero attached hydrogens (tertiary/aromatic N) is 1. The van der Waals surface area contributed by atoms with Crippen LogP contribution in [0.25, 0.3) is 10.1 Å². The Kier molecular flexibility index (Phi) is 3.41. The monoisotopic (exact) mass is 296 g/mol. The Morgan fingerprint density at radius 2 is 1.86 bits per heavy atom. The van der Waals surface area contributed by atoms with E-state index < -0.39 is 5.97 Å². The van der Waals surface area contributed by atoms with Crippen LogP contribution in [0.3, 0.4) is 0 Å². The minimum absolute atomic E-state index is 0.0264. The highest BCUT2D eigenvalue weighted by atomic mass is 32.1. The van der Waals surface area contributed by atoms with Crippen molar-refractivity contribution in [1.82, 2.24) is 0 Å². The number of benzene rings is 2. The lowest BCUT2D eigenvalue weighted by Gasteiger charge is -2.03. The first-order valence-corrected chi connectivity index (χ1v) is 7.03. The van der Waals surface area contributed by atoms with Crippen LogP contribution >= 0.6 is 11.3 Å². The van der Waals surface area contributed by atoms with Gasteiger partial charge in [-0.2, -0.15) is 0 Å². The molecule has 0 aliphatic heterocycles. The molecule has 3 rings (SSSR count). The predicted octanol–water partition coefficient (Wildman–Crippen LogP) is 3.42. The summed E-state index contributed by atoms with van der Waals surface area (Å²) in [5.74, 6) is -1.00. The molecule has 3 aromatic rings. The summed E-state index contributed by atoms with van der Waals surface area (Å²) in [5, 5.41) is 21.7. The summed E-state index contributed by atoms with van der Waals surface area (Å²) in [6, 6.07) is 13.6. The van der Waals surface area contributed by atoms with Gasteiger partial charge >= 0.3 is 5.97 Å². The van der Waals surface area contributed by atoms with E-state index >= 15 is 0 Å². The van der Waals surface area contributed by atoms with E-state index in [0.717, 1.165) is 4.70 Å². The molecule has 0 fully saturated rings. The van der Waals surface area contributed by atoms with Crippen LogP contribution < -0.4 is 5.11 Å². The number of carboxylic acids is 1. The van der Waals surface area contributed by atoms with Crippen LogP contribution in [0.5, 0.6) is 5.75 Å². The first kappa shape index (κ1) is 13.3. The zero-order valence-corrected chi connectivity index (χ0v) is 11.6. The van der Waals surface area contributed by atoms with Crippen LogP contribution in [0.4, 0.5) is 5.69 Å². The van der Waals surface area contributed by atoms with E-state index in [0.29, 0.717) is 16.0 Å². The molecule has 0 atom stereocenters. The van der Waals surface area contributed by atoms with Gasteiger partial charge in [0.2, 0.25) is 0 Å². The van der Waals surface area contributed by atoms with Crippen molar-refractivity contribution in [2.75, 3.05) is 0 Å². The van der Waals surface area contributed by atoms with Gasteiger partial charge in [-0.25, -0.2) is 4.79 Å². The first-order valence-electron chi connectivity index (χ1n) is 6.21. The van der Waals surface area contributed by atoms with Crippen LogP contribution in [-0.2, 0) is 0 Å². The standard InChI is InChI=1S/C16H11NO3S/c18-15-12-3-1-2-4-13(12)21-14(15)9-17-11-7-5-10(6-8-11)16(19)20/h1-9,18H,(H,19,20)/p-1. The van der Waals surface area contributed by atoms with E-state index in [-0.39, 0.29) is 11.3 Å². The van der Waals surface area contributed by atoms with E-state index in [1.54, 1.807) is 18.2 Å². The second-order valence-electron chi connectivity index (χ2n) is 4.40. The fourth-order valence-corrected chi connectivity index (χ4v) is 2.91. The van der Waals surface area contributed by atoms with Gasteiger partial charge in [0.05, 0.1) is 11.3 Å². The Hall–Kier alpha value is -2.66. The third kappa shape index (κ3) is 2.64. The van der Waals surface area contributed by atoms with Crippen LogP contribution in [-0.4, -0.2) is 17.3 Å². The summed E-state index contributed by atoms with van der Waals surface area (Å²) < 4.78 is 0.935. The first-order chi connectivity index (χ1) is 10.1. The summed E-state index contributed by atoms with van der Waals surface area (Å²) in [7, 11) is 0. The smallest absolute Gasteiger partial charge is 0.335 e. The number of thiophene rings is 1. The number of carbonyl (C=O) groups is 1. The highest BCUT2D eigenvalue weighted by Crippen LogP contribution is 2.33. The third-order valence-electron chi connectivity index (χ3n) is 3.02. The lowest BCUT2D eigenvalue weighted by Crippen LogP contribution is -1.94. The van der Waals surface area contributed by atoms with Crippen molar-refractivity contribution < 1.29 is 15.0 Å². The van der Waals surface area contributed by atoms with Gasteiger partial charge in [-0.15, -0.1) is 11.3 Å². The van der Waals surface area contributed by atoms with Gasteiger partial charge in [0, 0.05) is 15.8 Å². The summed E-state index contributed by atoms with van der Waals surface area (Å²) in [4.78, 5) is 15.6. The zero-order valence-electron chi connectivity index (χ0n) is 10.8. The number of fused-ring (bicyclic) bond motifs is 1. The van der Waals surface area contributed by atoms with E-state index in [1.807, 2.05) is 18.2 Å². The molecule has 0 saturated carbocycles. The molecule has 0 aliphatic rings. The van der Waals surface area contributed by atoms with Crippen LogP contribution in [0, 0.1) is 0 Å². The molecule has 104 valence electrons. The largest absolute Gasteiger partial charge is 0.871 e. The number of aromatic carboxylic acids is 1. The van der Waals surface area contributed by atoms with Gasteiger partial charge in [-0.3, -0.25) is 4.99 Å². The molecule has 0 bridgehead atoms. The van der Waals surface area contributed by atoms with E-state index in [4.69, 9.17) is 5.11 Å². The molecule has 0 radical (unpaired) electrons. The molecule has 0 amide bonds. The Morgan fingerprint density at radius 1 is 1.14 bits per heavy atom. The zero-order chi connectivity index (χ0) is 14.8. The van der Waals surface area contributed by atoms with E-state index in [9.17, 15) is 9.90 Å². The summed E-state index contributed by atoms with van der Waals surface area (Å²) >= 11 is 1.40. The quantitative estimate of drug-likeness (QED) is 0.753. The lowest BCUT2D eigenvalue weighted by atomic mass is 10.2. The lowest BCUT2D eigenvalue weighted by molar-refractivity contribution is -0.265. The molecule has 1 aromatic heterocycles. The van der Waals surface area contributed by atoms with Crippen molar-refractivity contribution in [3.05, 3.63) is 59.0 Å². The molecular formula is C16H10NO3S-. The van der Waals surface area contributed by atoms with Gasteiger partial charge in [0.15, 0.2) is 0 Å². The Bertz CT molecular complexity index is 834. The molecule has 0 aliphatic carbocycles. The molecule has 1 heterocycles. The van der Waals surface area contributed by atoms with Gasteiger partial charge in [-0.05, 0) is 35.7 Å². The third-order valence-corrected chi connectivity index (χ3v) is 4.11. The van der Waals surface area contributed by atoms with Crippen molar-refractivity contribution in [1.29, 1.82) is 0 Å². The minimum atomic E-state index is -0.975. The van der Waals surface area contributed by atoms with Crippen LogP contribution in [0.2, 0.25) is 0 Å². The van der Waals surface area contributed by atoms with Crippen LogP contribution in [0.1, 0.15) is 15.2 Å². The Labute approximate surface area is 124 Å². The molecule has 0 unspecified atom stereocenters.